The molecular formula is C24H35Cl2N3O. The van der Waals surface area contributed by atoms with Crippen molar-refractivity contribution in [3.63, 3.8) is 0 Å². The van der Waals surface area contributed by atoms with Crippen LogP contribution in [0.5, 0.6) is 0 Å². The second kappa shape index (κ2) is 10.1. The Morgan fingerprint density at radius 2 is 1.73 bits per heavy atom. The van der Waals surface area contributed by atoms with Gasteiger partial charge in [0.1, 0.15) is 0 Å². The molecule has 166 valence electrons. The van der Waals surface area contributed by atoms with Crippen molar-refractivity contribution < 1.29 is 5.11 Å². The highest BCUT2D eigenvalue weighted by molar-refractivity contribution is 5.85. The Balaban J connectivity index is 0.00000128. The lowest BCUT2D eigenvalue weighted by Crippen LogP contribution is -2.44. The molecule has 6 heteroatoms. The number of β-amino-alcohol motifs (C(OH)–C–C–N with tert-alkyl or cyclic N) is 1. The molecule has 3 heterocycles. The molecule has 2 aliphatic heterocycles. The number of rotatable bonds is 3. The molecule has 1 spiro atoms. The number of nitrogens with one attached hydrogen (secondary N) is 1. The Morgan fingerprint density at radius 3 is 2.50 bits per heavy atom. The highest BCUT2D eigenvalue weighted by atomic mass is 35.5. The molecule has 2 saturated heterocycles. The highest BCUT2D eigenvalue weighted by Gasteiger charge is 2.41. The number of hydrogen-bond donors (Lipinski definition) is 2. The lowest BCUT2D eigenvalue weighted by molar-refractivity contribution is 0.0688. The predicted octanol–water partition coefficient (Wildman–Crippen LogP) is 4.23. The van der Waals surface area contributed by atoms with Gasteiger partial charge in [-0.15, -0.1) is 24.8 Å². The maximum absolute atomic E-state index is 10.8. The van der Waals surface area contributed by atoms with Crippen molar-refractivity contribution >= 4 is 35.7 Å². The number of nitrogens with zero attached hydrogens (tertiary/aromatic N) is 2. The summed E-state index contributed by atoms with van der Waals surface area (Å²) in [6, 6.07) is 11.2. The van der Waals surface area contributed by atoms with E-state index in [-0.39, 0.29) is 30.9 Å². The highest BCUT2D eigenvalue weighted by Crippen LogP contribution is 2.45. The molecule has 4 nitrogen and oxygen atoms in total. The number of aromatic nitrogens is 1. The average molecular weight is 452 g/mol. The standard InChI is InChI=1S/C24H33N3O.2ClH/c28-23-17-27(20-5-8-24(9-6-20)10-13-25-14-11-24)16-19(23)15-18-7-12-26-22-4-2-1-3-21(18)22;;/h1-4,7,12,19-20,23,25,28H,5-6,8-11,13-17H2;2*1H/t19-,23+;;/m1../s1. The van der Waals surface area contributed by atoms with Crippen LogP contribution in [-0.2, 0) is 6.42 Å². The summed E-state index contributed by atoms with van der Waals surface area (Å²) in [4.78, 5) is 7.09. The Labute approximate surface area is 192 Å². The first-order chi connectivity index (χ1) is 13.7. The lowest BCUT2D eigenvalue weighted by Gasteiger charge is -2.45. The second-order valence-corrected chi connectivity index (χ2v) is 9.45. The first kappa shape index (κ1) is 23.7. The zero-order valence-corrected chi connectivity index (χ0v) is 19.3. The van der Waals surface area contributed by atoms with Crippen LogP contribution in [-0.4, -0.2) is 53.3 Å². The van der Waals surface area contributed by atoms with Crippen LogP contribution in [0.4, 0.5) is 0 Å². The third-order valence-electron chi connectivity index (χ3n) is 7.85. The van der Waals surface area contributed by atoms with Crippen LogP contribution >= 0.6 is 24.8 Å². The summed E-state index contributed by atoms with van der Waals surface area (Å²) >= 11 is 0. The molecule has 30 heavy (non-hydrogen) atoms. The summed E-state index contributed by atoms with van der Waals surface area (Å²) in [5.41, 5.74) is 3.01. The summed E-state index contributed by atoms with van der Waals surface area (Å²) in [6.07, 6.45) is 10.8. The number of para-hydroxylation sites is 1. The van der Waals surface area contributed by atoms with Crippen molar-refractivity contribution in [3.05, 3.63) is 42.1 Å². The molecule has 3 fully saturated rings. The van der Waals surface area contributed by atoms with E-state index in [2.05, 4.69) is 39.5 Å². The third-order valence-corrected chi connectivity index (χ3v) is 7.85. The van der Waals surface area contributed by atoms with Gasteiger partial charge in [0.15, 0.2) is 0 Å². The second-order valence-electron chi connectivity index (χ2n) is 9.45. The van der Waals surface area contributed by atoms with Gasteiger partial charge >= 0.3 is 0 Å². The summed E-state index contributed by atoms with van der Waals surface area (Å²) in [5, 5.41) is 15.6. The van der Waals surface area contributed by atoms with Crippen molar-refractivity contribution in [2.45, 2.75) is 57.1 Å². The molecule has 1 saturated carbocycles. The van der Waals surface area contributed by atoms with Crippen molar-refractivity contribution in [2.24, 2.45) is 11.3 Å². The van der Waals surface area contributed by atoms with Crippen LogP contribution in [0.25, 0.3) is 10.9 Å². The molecule has 2 atom stereocenters. The number of benzene rings is 1. The number of halogens is 2. The molecule has 0 amide bonds. The van der Waals surface area contributed by atoms with Crippen molar-refractivity contribution in [1.82, 2.24) is 15.2 Å². The van der Waals surface area contributed by atoms with Crippen LogP contribution < -0.4 is 5.32 Å². The van der Waals surface area contributed by atoms with Gasteiger partial charge in [0.2, 0.25) is 0 Å². The van der Waals surface area contributed by atoms with Gasteiger partial charge < -0.3 is 10.4 Å². The first-order valence-corrected chi connectivity index (χ1v) is 11.2. The number of pyridine rings is 1. The summed E-state index contributed by atoms with van der Waals surface area (Å²) in [5.74, 6) is 0.334. The average Bonchev–Trinajstić information content (AvgIpc) is 3.10. The Hall–Kier alpha value is -0.910. The molecule has 2 N–H and O–H groups in total. The van der Waals surface area contributed by atoms with Crippen molar-refractivity contribution in [2.75, 3.05) is 26.2 Å². The largest absolute Gasteiger partial charge is 0.391 e. The smallest absolute Gasteiger partial charge is 0.0710 e. The molecule has 2 aromatic rings. The van der Waals surface area contributed by atoms with Gasteiger partial charge in [0, 0.05) is 36.6 Å². The SMILES string of the molecule is Cl.Cl.O[C@H]1CN(C2CCC3(CCNCC3)CC2)C[C@H]1Cc1ccnc2ccccc12. The van der Waals surface area contributed by atoms with E-state index in [9.17, 15) is 5.11 Å². The van der Waals surface area contributed by atoms with Crippen LogP contribution in [0.15, 0.2) is 36.5 Å². The van der Waals surface area contributed by atoms with Gasteiger partial charge in [-0.3, -0.25) is 9.88 Å². The van der Waals surface area contributed by atoms with Gasteiger partial charge in [-0.1, -0.05) is 18.2 Å². The molecule has 5 rings (SSSR count). The number of aliphatic hydroxyl groups is 1. The molecule has 1 aromatic heterocycles. The van der Waals surface area contributed by atoms with Crippen LogP contribution in [0.1, 0.15) is 44.1 Å². The van der Waals surface area contributed by atoms with Crippen molar-refractivity contribution in [3.8, 4) is 0 Å². The zero-order valence-electron chi connectivity index (χ0n) is 17.6. The molecule has 1 aromatic carbocycles. The van der Waals surface area contributed by atoms with Gasteiger partial charge in [-0.05, 0) is 81.1 Å². The fraction of sp³-hybridized carbons (Fsp3) is 0.625. The minimum Gasteiger partial charge on any atom is -0.391 e. The number of likely N-dealkylation sites (tertiary alicyclic amines) is 1. The van der Waals surface area contributed by atoms with E-state index >= 15 is 0 Å². The number of hydrogen-bond acceptors (Lipinski definition) is 4. The lowest BCUT2D eigenvalue weighted by atomic mass is 9.67. The van der Waals surface area contributed by atoms with E-state index in [4.69, 9.17) is 0 Å². The van der Waals surface area contributed by atoms with E-state index in [1.54, 1.807) is 0 Å². The van der Waals surface area contributed by atoms with E-state index in [0.29, 0.717) is 17.4 Å². The Kier molecular flexibility index (Phi) is 8.03. The van der Waals surface area contributed by atoms with Crippen LogP contribution in [0.2, 0.25) is 0 Å². The van der Waals surface area contributed by atoms with Gasteiger partial charge in [0.25, 0.3) is 0 Å². The fourth-order valence-electron chi connectivity index (χ4n) is 6.04. The van der Waals surface area contributed by atoms with Crippen LogP contribution in [0.3, 0.4) is 0 Å². The first-order valence-electron chi connectivity index (χ1n) is 11.2. The molecular weight excluding hydrogens is 417 g/mol. The third kappa shape index (κ3) is 4.78. The molecule has 0 unspecified atom stereocenters. The maximum Gasteiger partial charge on any atom is 0.0710 e. The summed E-state index contributed by atoms with van der Waals surface area (Å²) in [7, 11) is 0. The molecule has 1 aliphatic carbocycles. The van der Waals surface area contributed by atoms with E-state index < -0.39 is 0 Å². The number of piperidine rings is 1. The van der Waals surface area contributed by atoms with Gasteiger partial charge in [-0.25, -0.2) is 0 Å². The van der Waals surface area contributed by atoms with E-state index in [0.717, 1.165) is 25.0 Å². The topological polar surface area (TPSA) is 48.4 Å². The summed E-state index contributed by atoms with van der Waals surface area (Å²) in [6.45, 7) is 4.30. The Bertz CT molecular complexity index is 812. The molecule has 0 bridgehead atoms. The monoisotopic (exact) mass is 451 g/mol. The van der Waals surface area contributed by atoms with E-state index in [1.165, 1.54) is 62.6 Å². The number of fused-ring (bicyclic) bond motifs is 1. The van der Waals surface area contributed by atoms with Gasteiger partial charge in [0.05, 0.1) is 11.6 Å². The van der Waals surface area contributed by atoms with Crippen molar-refractivity contribution in [1.29, 1.82) is 0 Å². The quantitative estimate of drug-likeness (QED) is 0.732. The molecule has 3 aliphatic rings. The molecule has 0 radical (unpaired) electrons. The van der Waals surface area contributed by atoms with E-state index in [1.807, 2.05) is 12.3 Å². The van der Waals surface area contributed by atoms with Crippen LogP contribution in [0, 0.1) is 11.3 Å². The maximum atomic E-state index is 10.8. The number of aliphatic hydroxyl groups excluding tert-OH is 1. The minimum absolute atomic E-state index is 0. The Morgan fingerprint density at radius 1 is 1.00 bits per heavy atom. The minimum atomic E-state index is -0.207. The fourth-order valence-corrected chi connectivity index (χ4v) is 6.04. The zero-order chi connectivity index (χ0) is 19.0. The normalized spacial score (nSPS) is 27.0. The summed E-state index contributed by atoms with van der Waals surface area (Å²) < 4.78 is 0. The van der Waals surface area contributed by atoms with Gasteiger partial charge in [-0.2, -0.15) is 0 Å². The predicted molar refractivity (Wildman–Crippen MR) is 128 cm³/mol.